The van der Waals surface area contributed by atoms with Crippen LogP contribution in [0, 0.1) is 18.3 Å². The van der Waals surface area contributed by atoms with E-state index in [2.05, 4.69) is 5.32 Å². The number of aliphatic hydroxyl groups is 1. The normalized spacial score (nSPS) is 11.4. The van der Waals surface area contributed by atoms with Gasteiger partial charge in [-0.3, -0.25) is 4.79 Å². The van der Waals surface area contributed by atoms with Crippen molar-refractivity contribution in [1.29, 1.82) is 5.26 Å². The molecule has 0 bridgehead atoms. The third kappa shape index (κ3) is 4.07. The number of hydrogen-bond acceptors (Lipinski definition) is 4. The quantitative estimate of drug-likeness (QED) is 0.763. The predicted molar refractivity (Wildman–Crippen MR) is 65.9 cm³/mol. The monoisotopic (exact) mass is 248 g/mol. The van der Waals surface area contributed by atoms with Gasteiger partial charge in [0.25, 0.3) is 5.91 Å². The van der Waals surface area contributed by atoms with Crippen molar-refractivity contribution in [2.24, 2.45) is 0 Å². The number of benzene rings is 1. The van der Waals surface area contributed by atoms with E-state index >= 15 is 0 Å². The molecule has 0 heterocycles. The second-order valence-electron chi connectivity index (χ2n) is 3.94. The maximum Gasteiger partial charge on any atom is 0.258 e. The lowest BCUT2D eigenvalue weighted by molar-refractivity contribution is -0.122. The van der Waals surface area contributed by atoms with Gasteiger partial charge < -0.3 is 15.2 Å². The largest absolute Gasteiger partial charge is 0.483 e. The number of aliphatic hydroxyl groups excluding tert-OH is 1. The van der Waals surface area contributed by atoms with Crippen molar-refractivity contribution in [3.8, 4) is 11.8 Å². The molecule has 0 saturated heterocycles. The van der Waals surface area contributed by atoms with Crippen molar-refractivity contribution in [1.82, 2.24) is 5.32 Å². The molecule has 0 aliphatic heterocycles. The van der Waals surface area contributed by atoms with E-state index in [9.17, 15) is 9.90 Å². The summed E-state index contributed by atoms with van der Waals surface area (Å²) >= 11 is 0. The zero-order valence-corrected chi connectivity index (χ0v) is 10.4. The van der Waals surface area contributed by atoms with E-state index in [0.29, 0.717) is 11.3 Å². The van der Waals surface area contributed by atoms with Crippen molar-refractivity contribution in [3.05, 3.63) is 29.3 Å². The first-order valence-electron chi connectivity index (χ1n) is 5.59. The molecule has 1 atom stereocenters. The van der Waals surface area contributed by atoms with Gasteiger partial charge in [-0.1, -0.05) is 11.6 Å². The van der Waals surface area contributed by atoms with Gasteiger partial charge in [-0.05, 0) is 26.0 Å². The summed E-state index contributed by atoms with van der Waals surface area (Å²) in [5.74, 6) is 0.108. The van der Waals surface area contributed by atoms with Crippen molar-refractivity contribution in [2.45, 2.75) is 20.0 Å². The van der Waals surface area contributed by atoms with Crippen molar-refractivity contribution < 1.29 is 14.6 Å². The minimum Gasteiger partial charge on any atom is -0.483 e. The number of hydrogen-bond donors (Lipinski definition) is 2. The summed E-state index contributed by atoms with van der Waals surface area (Å²) in [5, 5.41) is 20.3. The van der Waals surface area contributed by atoms with Crippen LogP contribution in [-0.2, 0) is 4.79 Å². The molecular formula is C13H16N2O3. The van der Waals surface area contributed by atoms with Gasteiger partial charge >= 0.3 is 0 Å². The molecule has 5 nitrogen and oxygen atoms in total. The van der Waals surface area contributed by atoms with Gasteiger partial charge in [0, 0.05) is 5.56 Å². The highest BCUT2D eigenvalue weighted by Gasteiger charge is 2.10. The third-order valence-electron chi connectivity index (χ3n) is 2.34. The number of ether oxygens (including phenoxy) is 1. The molecule has 1 amide bonds. The average molecular weight is 248 g/mol. The second-order valence-corrected chi connectivity index (χ2v) is 3.94. The number of amides is 1. The highest BCUT2D eigenvalue weighted by Crippen LogP contribution is 2.26. The Hall–Kier alpha value is -2.06. The molecule has 0 aromatic heterocycles. The van der Waals surface area contributed by atoms with Gasteiger partial charge in [-0.15, -0.1) is 0 Å². The first-order valence-corrected chi connectivity index (χ1v) is 5.59. The Labute approximate surface area is 106 Å². The lowest BCUT2D eigenvalue weighted by Crippen LogP contribution is -2.29. The molecular weight excluding hydrogens is 232 g/mol. The van der Waals surface area contributed by atoms with Crippen LogP contribution in [0.2, 0.25) is 0 Å². The van der Waals surface area contributed by atoms with Crippen LogP contribution in [0.4, 0.5) is 0 Å². The Bertz CT molecular complexity index is 464. The predicted octanol–water partition coefficient (Wildman–Crippen LogP) is 1.07. The molecule has 2 N–H and O–H groups in total. The molecule has 5 heteroatoms. The number of carbonyl (C=O) groups excluding carboxylic acids is 1. The number of rotatable bonds is 5. The average Bonchev–Trinajstić information content (AvgIpc) is 2.34. The molecule has 0 aliphatic rings. The maximum absolute atomic E-state index is 11.3. The number of nitrogens with one attached hydrogen (secondary N) is 1. The highest BCUT2D eigenvalue weighted by molar-refractivity contribution is 5.77. The van der Waals surface area contributed by atoms with Gasteiger partial charge in [0.1, 0.15) is 12.3 Å². The fourth-order valence-electron chi connectivity index (χ4n) is 1.46. The summed E-state index contributed by atoms with van der Waals surface area (Å²) in [4.78, 5) is 11.3. The summed E-state index contributed by atoms with van der Waals surface area (Å²) in [6, 6.07) is 7.18. The van der Waals surface area contributed by atoms with E-state index in [1.54, 1.807) is 19.1 Å². The lowest BCUT2D eigenvalue weighted by Gasteiger charge is -2.13. The first kappa shape index (κ1) is 14.0. The molecule has 1 aromatic carbocycles. The number of carbonyl (C=O) groups is 1. The van der Waals surface area contributed by atoms with E-state index in [1.165, 1.54) is 0 Å². The summed E-state index contributed by atoms with van der Waals surface area (Å²) in [7, 11) is 0. The fourth-order valence-corrected chi connectivity index (χ4v) is 1.46. The van der Waals surface area contributed by atoms with Gasteiger partial charge in [-0.2, -0.15) is 5.26 Å². The standard InChI is InChI=1S/C13H16N2O3/c1-9-3-4-12(11(7-9)10(2)16)18-8-13(17)15-6-5-14/h3-4,7,10,16H,6,8H2,1-2H3,(H,15,17)/t10-/m1/s1. The van der Waals surface area contributed by atoms with Gasteiger partial charge in [0.05, 0.1) is 12.2 Å². The van der Waals surface area contributed by atoms with Crippen molar-refractivity contribution in [2.75, 3.05) is 13.2 Å². The van der Waals surface area contributed by atoms with E-state index in [1.807, 2.05) is 19.1 Å². The number of aryl methyl sites for hydroxylation is 1. The molecule has 0 radical (unpaired) electrons. The van der Waals surface area contributed by atoms with Gasteiger partial charge in [-0.25, -0.2) is 0 Å². The maximum atomic E-state index is 11.3. The van der Waals surface area contributed by atoms with Crippen LogP contribution in [0.3, 0.4) is 0 Å². The SMILES string of the molecule is Cc1ccc(OCC(=O)NCC#N)c([C@@H](C)O)c1. The number of nitrogens with zero attached hydrogens (tertiary/aromatic N) is 1. The minimum atomic E-state index is -0.665. The Morgan fingerprint density at radius 1 is 1.61 bits per heavy atom. The van der Waals surface area contributed by atoms with Crippen LogP contribution < -0.4 is 10.1 Å². The second kappa shape index (κ2) is 6.62. The van der Waals surface area contributed by atoms with Crippen LogP contribution in [0.1, 0.15) is 24.2 Å². The summed E-state index contributed by atoms with van der Waals surface area (Å²) in [6.07, 6.45) is -0.665. The van der Waals surface area contributed by atoms with Crippen LogP contribution in [0.25, 0.3) is 0 Å². The van der Waals surface area contributed by atoms with E-state index in [-0.39, 0.29) is 19.1 Å². The highest BCUT2D eigenvalue weighted by atomic mass is 16.5. The van der Waals surface area contributed by atoms with Crippen molar-refractivity contribution >= 4 is 5.91 Å². The summed E-state index contributed by atoms with van der Waals surface area (Å²) in [6.45, 7) is 3.33. The zero-order valence-electron chi connectivity index (χ0n) is 10.4. The number of nitriles is 1. The third-order valence-corrected chi connectivity index (χ3v) is 2.34. The Morgan fingerprint density at radius 3 is 2.94 bits per heavy atom. The Kier molecular flexibility index (Phi) is 5.15. The molecule has 18 heavy (non-hydrogen) atoms. The zero-order chi connectivity index (χ0) is 13.5. The molecule has 0 unspecified atom stereocenters. The van der Waals surface area contributed by atoms with Crippen LogP contribution in [0.15, 0.2) is 18.2 Å². The molecule has 96 valence electrons. The molecule has 1 aromatic rings. The topological polar surface area (TPSA) is 82.3 Å². The summed E-state index contributed by atoms with van der Waals surface area (Å²) in [5.41, 5.74) is 1.65. The van der Waals surface area contributed by atoms with Gasteiger partial charge in [0.15, 0.2) is 6.61 Å². The Balaban J connectivity index is 2.67. The van der Waals surface area contributed by atoms with Crippen molar-refractivity contribution in [3.63, 3.8) is 0 Å². The molecule has 0 saturated carbocycles. The Morgan fingerprint density at radius 2 is 2.33 bits per heavy atom. The van der Waals surface area contributed by atoms with E-state index < -0.39 is 6.10 Å². The summed E-state index contributed by atoms with van der Waals surface area (Å²) < 4.78 is 5.33. The lowest BCUT2D eigenvalue weighted by atomic mass is 10.1. The molecule has 0 aliphatic carbocycles. The molecule has 1 rings (SSSR count). The fraction of sp³-hybridized carbons (Fsp3) is 0.385. The van der Waals surface area contributed by atoms with Gasteiger partial charge in [0.2, 0.25) is 0 Å². The first-order chi connectivity index (χ1) is 8.54. The molecule has 0 spiro atoms. The van der Waals surface area contributed by atoms with Crippen LogP contribution in [0.5, 0.6) is 5.75 Å². The molecule has 0 fully saturated rings. The van der Waals surface area contributed by atoms with Crippen LogP contribution in [-0.4, -0.2) is 24.2 Å². The van der Waals surface area contributed by atoms with Crippen LogP contribution >= 0.6 is 0 Å². The minimum absolute atomic E-state index is 0.0423. The van der Waals surface area contributed by atoms with E-state index in [4.69, 9.17) is 10.00 Å². The van der Waals surface area contributed by atoms with E-state index in [0.717, 1.165) is 5.56 Å². The smallest absolute Gasteiger partial charge is 0.258 e.